The molecule has 0 saturated carbocycles. The zero-order valence-corrected chi connectivity index (χ0v) is 11.0. The van der Waals surface area contributed by atoms with Gasteiger partial charge in [0.25, 0.3) is 0 Å². The number of likely N-dealkylation sites (tertiary alicyclic amines) is 1. The van der Waals surface area contributed by atoms with E-state index < -0.39 is 24.1 Å². The number of hydrogen-bond acceptors (Lipinski definition) is 5. The van der Waals surface area contributed by atoms with E-state index in [4.69, 9.17) is 14.6 Å². The molecule has 2 aliphatic heterocycles. The van der Waals surface area contributed by atoms with Crippen LogP contribution in [0.4, 0.5) is 10.5 Å². The number of ether oxygens (including phenoxy) is 2. The molecule has 0 spiro atoms. The van der Waals surface area contributed by atoms with E-state index in [9.17, 15) is 14.7 Å². The maximum Gasteiger partial charge on any atom is 0.326 e. The first-order chi connectivity index (χ1) is 10.0. The Morgan fingerprint density at radius 3 is 2.81 bits per heavy atom. The van der Waals surface area contributed by atoms with E-state index in [0.717, 1.165) is 4.90 Å². The van der Waals surface area contributed by atoms with E-state index in [1.54, 1.807) is 18.2 Å². The summed E-state index contributed by atoms with van der Waals surface area (Å²) < 4.78 is 10.4. The third-order valence-electron chi connectivity index (χ3n) is 3.45. The van der Waals surface area contributed by atoms with E-state index in [0.29, 0.717) is 17.2 Å². The molecule has 3 rings (SSSR count). The molecule has 0 bridgehead atoms. The largest absolute Gasteiger partial charge is 0.480 e. The highest BCUT2D eigenvalue weighted by atomic mass is 16.7. The van der Waals surface area contributed by atoms with Crippen molar-refractivity contribution in [1.29, 1.82) is 0 Å². The highest BCUT2D eigenvalue weighted by molar-refractivity contribution is 5.93. The van der Waals surface area contributed by atoms with E-state index in [-0.39, 0.29) is 19.8 Å². The fraction of sp³-hybridized carbons (Fsp3) is 0.385. The number of aliphatic hydroxyl groups is 1. The highest BCUT2D eigenvalue weighted by Gasteiger charge is 2.39. The van der Waals surface area contributed by atoms with Crippen molar-refractivity contribution in [2.45, 2.75) is 18.6 Å². The summed E-state index contributed by atoms with van der Waals surface area (Å²) in [5.74, 6) is -0.0237. The number of nitrogens with zero attached hydrogens (tertiary/aromatic N) is 1. The van der Waals surface area contributed by atoms with Gasteiger partial charge >= 0.3 is 12.0 Å². The normalized spacial score (nSPS) is 23.2. The van der Waals surface area contributed by atoms with Crippen molar-refractivity contribution < 1.29 is 29.3 Å². The molecule has 3 N–H and O–H groups in total. The SMILES string of the molecule is O=C(O)C1CC(O)CN1C(=O)Nc1ccc2c(c1)OCO2. The number of amides is 2. The Morgan fingerprint density at radius 1 is 1.29 bits per heavy atom. The number of urea groups is 1. The molecule has 8 heteroatoms. The fourth-order valence-electron chi connectivity index (χ4n) is 2.44. The van der Waals surface area contributed by atoms with Crippen LogP contribution in [0.1, 0.15) is 6.42 Å². The number of carbonyl (C=O) groups excluding carboxylic acids is 1. The van der Waals surface area contributed by atoms with Gasteiger partial charge in [0.05, 0.1) is 6.10 Å². The number of carboxylic acids is 1. The first-order valence-electron chi connectivity index (χ1n) is 6.43. The number of β-amino-alcohol motifs (C(OH)–C–C–N with tert-alkyl or cyclic N) is 1. The number of carboxylic acid groups (broad SMARTS) is 1. The third-order valence-corrected chi connectivity index (χ3v) is 3.45. The van der Waals surface area contributed by atoms with Gasteiger partial charge in [0.15, 0.2) is 11.5 Å². The molecule has 2 unspecified atom stereocenters. The Hall–Kier alpha value is -2.48. The lowest BCUT2D eigenvalue weighted by molar-refractivity contribution is -0.141. The van der Waals surface area contributed by atoms with Crippen LogP contribution in [-0.4, -0.2) is 52.6 Å². The first kappa shape index (κ1) is 13.5. The van der Waals surface area contributed by atoms with E-state index in [1.165, 1.54) is 0 Å². The highest BCUT2D eigenvalue weighted by Crippen LogP contribution is 2.34. The number of nitrogens with one attached hydrogen (secondary N) is 1. The maximum atomic E-state index is 12.1. The molecule has 8 nitrogen and oxygen atoms in total. The second-order valence-electron chi connectivity index (χ2n) is 4.89. The molecule has 2 amide bonds. The average Bonchev–Trinajstić information content (AvgIpc) is 3.04. The predicted molar refractivity (Wildman–Crippen MR) is 70.3 cm³/mol. The topological polar surface area (TPSA) is 108 Å². The molecule has 2 atom stereocenters. The van der Waals surface area contributed by atoms with Crippen LogP contribution in [0, 0.1) is 0 Å². The van der Waals surface area contributed by atoms with Crippen molar-refractivity contribution in [2.75, 3.05) is 18.7 Å². The molecule has 1 fully saturated rings. The summed E-state index contributed by atoms with van der Waals surface area (Å²) in [5.41, 5.74) is 0.467. The molecule has 0 radical (unpaired) electrons. The number of aliphatic carboxylic acids is 1. The van der Waals surface area contributed by atoms with Gasteiger partial charge in [-0.2, -0.15) is 0 Å². The van der Waals surface area contributed by atoms with Crippen molar-refractivity contribution in [2.24, 2.45) is 0 Å². The zero-order chi connectivity index (χ0) is 15.0. The van der Waals surface area contributed by atoms with Crippen LogP contribution in [0.15, 0.2) is 18.2 Å². The Morgan fingerprint density at radius 2 is 2.05 bits per heavy atom. The Labute approximate surface area is 119 Å². The van der Waals surface area contributed by atoms with Crippen LogP contribution in [0.5, 0.6) is 11.5 Å². The molecule has 21 heavy (non-hydrogen) atoms. The molecule has 1 aromatic rings. The van der Waals surface area contributed by atoms with E-state index >= 15 is 0 Å². The quantitative estimate of drug-likeness (QED) is 0.731. The Kier molecular flexibility index (Phi) is 3.30. The van der Waals surface area contributed by atoms with Gasteiger partial charge in [-0.25, -0.2) is 9.59 Å². The number of aliphatic hydroxyl groups excluding tert-OH is 1. The van der Waals surface area contributed by atoms with Gasteiger partial charge in [0, 0.05) is 24.7 Å². The van der Waals surface area contributed by atoms with Gasteiger partial charge in [-0.1, -0.05) is 0 Å². The minimum atomic E-state index is -1.13. The molecule has 2 aliphatic rings. The molecular formula is C13H14N2O6. The lowest BCUT2D eigenvalue weighted by Gasteiger charge is -2.21. The Balaban J connectivity index is 1.72. The zero-order valence-electron chi connectivity index (χ0n) is 11.0. The summed E-state index contributed by atoms with van der Waals surface area (Å²) in [6.07, 6.45) is -0.794. The van der Waals surface area contributed by atoms with Crippen LogP contribution < -0.4 is 14.8 Å². The van der Waals surface area contributed by atoms with Crippen LogP contribution in [0.2, 0.25) is 0 Å². The minimum Gasteiger partial charge on any atom is -0.480 e. The second-order valence-corrected chi connectivity index (χ2v) is 4.89. The average molecular weight is 294 g/mol. The number of benzene rings is 1. The smallest absolute Gasteiger partial charge is 0.326 e. The molecule has 0 aliphatic carbocycles. The third kappa shape index (κ3) is 2.57. The number of fused-ring (bicyclic) bond motifs is 1. The fourth-order valence-corrected chi connectivity index (χ4v) is 2.44. The molecule has 1 saturated heterocycles. The molecule has 1 aromatic carbocycles. The number of hydrogen-bond donors (Lipinski definition) is 3. The molecule has 2 heterocycles. The van der Waals surface area contributed by atoms with Crippen LogP contribution >= 0.6 is 0 Å². The van der Waals surface area contributed by atoms with Crippen molar-refractivity contribution in [1.82, 2.24) is 4.90 Å². The summed E-state index contributed by atoms with van der Waals surface area (Å²) in [4.78, 5) is 24.4. The molecule has 0 aromatic heterocycles. The van der Waals surface area contributed by atoms with E-state index in [2.05, 4.69) is 5.32 Å². The monoisotopic (exact) mass is 294 g/mol. The van der Waals surface area contributed by atoms with Crippen molar-refractivity contribution in [3.05, 3.63) is 18.2 Å². The van der Waals surface area contributed by atoms with Gasteiger partial charge in [-0.15, -0.1) is 0 Å². The lowest BCUT2D eigenvalue weighted by atomic mass is 10.2. The van der Waals surface area contributed by atoms with Crippen LogP contribution in [-0.2, 0) is 4.79 Å². The number of carbonyl (C=O) groups is 2. The van der Waals surface area contributed by atoms with Gasteiger partial charge in [0.1, 0.15) is 6.04 Å². The van der Waals surface area contributed by atoms with Crippen molar-refractivity contribution in [3.8, 4) is 11.5 Å². The standard InChI is InChI=1S/C13H14N2O6/c16-8-4-9(12(17)18)15(5-8)13(19)14-7-1-2-10-11(3-7)21-6-20-10/h1-3,8-9,16H,4-6H2,(H,14,19)(H,17,18). The first-order valence-corrected chi connectivity index (χ1v) is 6.43. The summed E-state index contributed by atoms with van der Waals surface area (Å²) >= 11 is 0. The minimum absolute atomic E-state index is 0.00660. The van der Waals surface area contributed by atoms with Gasteiger partial charge < -0.3 is 29.9 Å². The summed E-state index contributed by atoms with van der Waals surface area (Å²) in [7, 11) is 0. The van der Waals surface area contributed by atoms with E-state index in [1.807, 2.05) is 0 Å². The number of rotatable bonds is 2. The molecular weight excluding hydrogens is 280 g/mol. The van der Waals surface area contributed by atoms with Crippen molar-refractivity contribution in [3.63, 3.8) is 0 Å². The predicted octanol–water partition coefficient (Wildman–Crippen LogP) is 0.467. The summed E-state index contributed by atoms with van der Waals surface area (Å²) in [6, 6.07) is 3.30. The van der Waals surface area contributed by atoms with Crippen molar-refractivity contribution >= 4 is 17.7 Å². The van der Waals surface area contributed by atoms with Gasteiger partial charge in [0.2, 0.25) is 6.79 Å². The maximum absolute atomic E-state index is 12.1. The summed E-state index contributed by atoms with van der Waals surface area (Å²) in [5, 5.41) is 21.2. The Bertz CT molecular complexity index is 590. The van der Waals surface area contributed by atoms with Crippen LogP contribution in [0.3, 0.4) is 0 Å². The second kappa shape index (κ2) is 5.13. The van der Waals surface area contributed by atoms with Gasteiger partial charge in [-0.05, 0) is 12.1 Å². The molecule has 112 valence electrons. The lowest BCUT2D eigenvalue weighted by Crippen LogP contribution is -2.43. The van der Waals surface area contributed by atoms with Crippen LogP contribution in [0.25, 0.3) is 0 Å². The van der Waals surface area contributed by atoms with Gasteiger partial charge in [-0.3, -0.25) is 0 Å². The summed E-state index contributed by atoms with van der Waals surface area (Å²) in [6.45, 7) is 0.124. The number of anilines is 1.